The summed E-state index contributed by atoms with van der Waals surface area (Å²) in [6, 6.07) is 11.8. The van der Waals surface area contributed by atoms with Gasteiger partial charge in [0.2, 0.25) is 0 Å². The molecule has 0 spiro atoms. The van der Waals surface area contributed by atoms with E-state index in [0.29, 0.717) is 21.4 Å². The summed E-state index contributed by atoms with van der Waals surface area (Å²) in [6.45, 7) is 0. The highest BCUT2D eigenvalue weighted by atomic mass is 79.9. The van der Waals surface area contributed by atoms with Crippen molar-refractivity contribution in [3.63, 3.8) is 0 Å². The van der Waals surface area contributed by atoms with Crippen molar-refractivity contribution in [1.29, 1.82) is 5.26 Å². The third kappa shape index (κ3) is 2.23. The van der Waals surface area contributed by atoms with Crippen LogP contribution in [0.2, 0.25) is 0 Å². The van der Waals surface area contributed by atoms with Crippen LogP contribution in [0.25, 0.3) is 22.4 Å². The van der Waals surface area contributed by atoms with Crippen molar-refractivity contribution in [2.24, 2.45) is 0 Å². The zero-order valence-corrected chi connectivity index (χ0v) is 11.2. The summed E-state index contributed by atoms with van der Waals surface area (Å²) >= 11 is 3.25. The number of rotatable bonds is 1. The molecule has 0 amide bonds. The maximum Gasteiger partial charge on any atom is 0.138 e. The molecule has 1 N–H and O–H groups in total. The van der Waals surface area contributed by atoms with Crippen molar-refractivity contribution in [3.8, 4) is 17.5 Å². The molecule has 0 saturated heterocycles. The fourth-order valence-corrected chi connectivity index (χ4v) is 2.37. The van der Waals surface area contributed by atoms with E-state index in [4.69, 9.17) is 5.26 Å². The van der Waals surface area contributed by atoms with Gasteiger partial charge in [0.15, 0.2) is 0 Å². The third-order valence-electron chi connectivity index (χ3n) is 2.75. The number of hydrogen-bond acceptors (Lipinski definition) is 2. The van der Waals surface area contributed by atoms with E-state index in [1.54, 1.807) is 24.3 Å². The summed E-state index contributed by atoms with van der Waals surface area (Å²) in [5.74, 6) is 0.243. The molecule has 0 aliphatic heterocycles. The Morgan fingerprint density at radius 3 is 2.79 bits per heavy atom. The number of aromatic amines is 1. The Morgan fingerprint density at radius 1 is 1.21 bits per heavy atom. The molecule has 0 radical (unpaired) electrons. The van der Waals surface area contributed by atoms with Crippen LogP contribution in [0, 0.1) is 17.1 Å². The minimum absolute atomic E-state index is 0.331. The number of H-pyrrole nitrogens is 1. The van der Waals surface area contributed by atoms with E-state index >= 15 is 0 Å². The van der Waals surface area contributed by atoms with Crippen LogP contribution in [0.4, 0.5) is 4.39 Å². The largest absolute Gasteiger partial charge is 0.338 e. The standard InChI is InChI=1S/C14H7BrFN3/c15-10-4-9(5-11(16)6-10)14-18-12-2-1-8(7-17)3-13(12)19-14/h1-6H,(H,18,19). The van der Waals surface area contributed by atoms with Gasteiger partial charge in [0.1, 0.15) is 11.6 Å². The van der Waals surface area contributed by atoms with Crippen LogP contribution < -0.4 is 0 Å². The van der Waals surface area contributed by atoms with Crippen LogP contribution in [0.15, 0.2) is 40.9 Å². The summed E-state index contributed by atoms with van der Waals surface area (Å²) in [4.78, 5) is 7.48. The van der Waals surface area contributed by atoms with Crippen molar-refractivity contribution < 1.29 is 4.39 Å². The fourth-order valence-electron chi connectivity index (χ4n) is 1.91. The van der Waals surface area contributed by atoms with E-state index in [-0.39, 0.29) is 5.82 Å². The SMILES string of the molecule is N#Cc1ccc2nc(-c3cc(F)cc(Br)c3)[nH]c2c1. The van der Waals surface area contributed by atoms with Crippen LogP contribution in [0.3, 0.4) is 0 Å². The van der Waals surface area contributed by atoms with Gasteiger partial charge in [-0.05, 0) is 36.4 Å². The molecule has 92 valence electrons. The minimum Gasteiger partial charge on any atom is -0.338 e. The second-order valence-electron chi connectivity index (χ2n) is 4.09. The Balaban J connectivity index is 2.18. The fraction of sp³-hybridized carbons (Fsp3) is 0. The van der Waals surface area contributed by atoms with Crippen LogP contribution >= 0.6 is 15.9 Å². The summed E-state index contributed by atoms with van der Waals surface area (Å²) < 4.78 is 14.0. The first-order chi connectivity index (χ1) is 9.15. The molecule has 3 aromatic rings. The second-order valence-corrected chi connectivity index (χ2v) is 5.00. The first-order valence-electron chi connectivity index (χ1n) is 5.52. The van der Waals surface area contributed by atoms with E-state index < -0.39 is 0 Å². The van der Waals surface area contributed by atoms with Gasteiger partial charge in [-0.2, -0.15) is 5.26 Å². The normalized spacial score (nSPS) is 10.6. The molecule has 0 unspecified atom stereocenters. The molecule has 0 atom stereocenters. The number of imidazole rings is 1. The molecular weight excluding hydrogens is 309 g/mol. The zero-order chi connectivity index (χ0) is 13.4. The van der Waals surface area contributed by atoms with E-state index in [2.05, 4.69) is 32.0 Å². The van der Waals surface area contributed by atoms with Gasteiger partial charge < -0.3 is 4.98 Å². The van der Waals surface area contributed by atoms with E-state index in [0.717, 1.165) is 11.0 Å². The highest BCUT2D eigenvalue weighted by Crippen LogP contribution is 2.25. The lowest BCUT2D eigenvalue weighted by Crippen LogP contribution is -1.83. The Bertz CT molecular complexity index is 797. The number of fused-ring (bicyclic) bond motifs is 1. The molecule has 0 aliphatic carbocycles. The number of aromatic nitrogens is 2. The van der Waals surface area contributed by atoms with E-state index in [1.165, 1.54) is 12.1 Å². The van der Waals surface area contributed by atoms with E-state index in [1.807, 2.05) is 0 Å². The first-order valence-corrected chi connectivity index (χ1v) is 6.31. The van der Waals surface area contributed by atoms with Crippen LogP contribution in [0.5, 0.6) is 0 Å². The Morgan fingerprint density at radius 2 is 2.05 bits per heavy atom. The second kappa shape index (κ2) is 4.48. The van der Waals surface area contributed by atoms with Crippen molar-refractivity contribution in [3.05, 3.63) is 52.3 Å². The minimum atomic E-state index is -0.331. The average molecular weight is 316 g/mol. The predicted octanol–water partition coefficient (Wildman–Crippen LogP) is 4.00. The lowest BCUT2D eigenvalue weighted by Gasteiger charge is -1.98. The molecule has 2 aromatic carbocycles. The number of halogens is 2. The number of hydrogen-bond donors (Lipinski definition) is 1. The lowest BCUT2D eigenvalue weighted by molar-refractivity contribution is 0.627. The van der Waals surface area contributed by atoms with Gasteiger partial charge in [0.05, 0.1) is 22.7 Å². The number of benzene rings is 2. The maximum atomic E-state index is 13.4. The molecule has 0 aliphatic rings. The van der Waals surface area contributed by atoms with Crippen molar-refractivity contribution in [1.82, 2.24) is 9.97 Å². The summed E-state index contributed by atoms with van der Waals surface area (Å²) in [7, 11) is 0. The van der Waals surface area contributed by atoms with Gasteiger partial charge in [0, 0.05) is 10.0 Å². The maximum absolute atomic E-state index is 13.4. The Kier molecular flexibility index (Phi) is 2.80. The molecule has 3 rings (SSSR count). The Labute approximate surface area is 116 Å². The van der Waals surface area contributed by atoms with Crippen LogP contribution in [-0.2, 0) is 0 Å². The van der Waals surface area contributed by atoms with Gasteiger partial charge in [-0.1, -0.05) is 15.9 Å². The van der Waals surface area contributed by atoms with Crippen LogP contribution in [-0.4, -0.2) is 9.97 Å². The summed E-state index contributed by atoms with van der Waals surface area (Å²) in [5.41, 5.74) is 2.72. The average Bonchev–Trinajstić information content (AvgIpc) is 2.80. The molecule has 19 heavy (non-hydrogen) atoms. The summed E-state index contributed by atoms with van der Waals surface area (Å²) in [5, 5.41) is 8.85. The molecule has 5 heteroatoms. The monoisotopic (exact) mass is 315 g/mol. The van der Waals surface area contributed by atoms with Crippen LogP contribution in [0.1, 0.15) is 5.56 Å². The molecular formula is C14H7BrFN3. The highest BCUT2D eigenvalue weighted by molar-refractivity contribution is 9.10. The Hall–Kier alpha value is -2.19. The van der Waals surface area contributed by atoms with Crippen molar-refractivity contribution in [2.75, 3.05) is 0 Å². The molecule has 1 aromatic heterocycles. The number of nitrogens with one attached hydrogen (secondary N) is 1. The van der Waals surface area contributed by atoms with Gasteiger partial charge >= 0.3 is 0 Å². The zero-order valence-electron chi connectivity index (χ0n) is 9.61. The molecule has 0 bridgehead atoms. The molecule has 1 heterocycles. The van der Waals surface area contributed by atoms with Gasteiger partial charge in [-0.3, -0.25) is 0 Å². The van der Waals surface area contributed by atoms with Gasteiger partial charge in [-0.15, -0.1) is 0 Å². The quantitative estimate of drug-likeness (QED) is 0.737. The summed E-state index contributed by atoms with van der Waals surface area (Å²) in [6.07, 6.45) is 0. The van der Waals surface area contributed by atoms with E-state index in [9.17, 15) is 4.39 Å². The smallest absolute Gasteiger partial charge is 0.138 e. The first kappa shape index (κ1) is 11.9. The third-order valence-corrected chi connectivity index (χ3v) is 3.20. The lowest BCUT2D eigenvalue weighted by atomic mass is 10.2. The molecule has 0 fully saturated rings. The predicted molar refractivity (Wildman–Crippen MR) is 73.9 cm³/mol. The van der Waals surface area contributed by atoms with Gasteiger partial charge in [-0.25, -0.2) is 9.37 Å². The van der Waals surface area contributed by atoms with Crippen molar-refractivity contribution >= 4 is 27.0 Å². The van der Waals surface area contributed by atoms with Gasteiger partial charge in [0.25, 0.3) is 0 Å². The molecule has 0 saturated carbocycles. The molecule has 3 nitrogen and oxygen atoms in total. The highest BCUT2D eigenvalue weighted by Gasteiger charge is 2.08. The number of nitriles is 1. The number of nitrogens with zero attached hydrogens (tertiary/aromatic N) is 2. The topological polar surface area (TPSA) is 52.5 Å². The van der Waals surface area contributed by atoms with Crippen molar-refractivity contribution in [2.45, 2.75) is 0 Å².